The summed E-state index contributed by atoms with van der Waals surface area (Å²) in [5, 5.41) is 25.7. The van der Waals surface area contributed by atoms with Crippen molar-refractivity contribution < 1.29 is 29.3 Å². The average molecular weight is 428 g/mol. The molecule has 1 atom stereocenters. The normalized spacial score (nSPS) is 16.8. The summed E-state index contributed by atoms with van der Waals surface area (Å²) in [4.78, 5) is 36.6. The van der Waals surface area contributed by atoms with Gasteiger partial charge in [-0.1, -0.05) is 31.2 Å². The largest absolute Gasteiger partial charge is 0.478 e. The molecule has 1 aromatic rings. The van der Waals surface area contributed by atoms with Crippen molar-refractivity contribution in [3.8, 4) is 0 Å². The van der Waals surface area contributed by atoms with Crippen LogP contribution in [-0.4, -0.2) is 48.3 Å². The van der Waals surface area contributed by atoms with Crippen LogP contribution < -0.4 is 10.6 Å². The van der Waals surface area contributed by atoms with E-state index in [1.165, 1.54) is 0 Å². The number of likely N-dealkylation sites (N-methyl/N-ethyl adjacent to an activating group) is 1. The van der Waals surface area contributed by atoms with Crippen molar-refractivity contribution in [3.05, 3.63) is 63.5 Å². The zero-order valence-corrected chi connectivity index (χ0v) is 18.1. The van der Waals surface area contributed by atoms with E-state index in [9.17, 15) is 24.6 Å². The molecule has 0 radical (unpaired) electrons. The predicted molar refractivity (Wildman–Crippen MR) is 116 cm³/mol. The van der Waals surface area contributed by atoms with Crippen LogP contribution >= 0.6 is 0 Å². The van der Waals surface area contributed by atoms with Gasteiger partial charge in [0.15, 0.2) is 0 Å². The van der Waals surface area contributed by atoms with Crippen LogP contribution in [0.25, 0.3) is 6.08 Å². The number of hydrogen-bond acceptors (Lipinski definition) is 6. The number of allylic oxidation sites excluding steroid dienone is 1. The Labute approximate surface area is 181 Å². The van der Waals surface area contributed by atoms with Gasteiger partial charge in [-0.25, -0.2) is 14.4 Å². The third-order valence-corrected chi connectivity index (χ3v) is 4.90. The minimum atomic E-state index is -1.22. The maximum absolute atomic E-state index is 12.2. The van der Waals surface area contributed by atoms with E-state index in [0.717, 1.165) is 0 Å². The molecule has 0 saturated heterocycles. The first-order valence-corrected chi connectivity index (χ1v) is 9.99. The molecule has 0 spiro atoms. The van der Waals surface area contributed by atoms with Gasteiger partial charge in [0.25, 0.3) is 0 Å². The van der Waals surface area contributed by atoms with E-state index < -0.39 is 23.8 Å². The van der Waals surface area contributed by atoms with Gasteiger partial charge in [0, 0.05) is 23.5 Å². The van der Waals surface area contributed by atoms with Crippen LogP contribution in [0, 0.1) is 0 Å². The number of rotatable bonds is 9. The number of carbonyl (C=O) groups excluding carboxylic acids is 1. The van der Waals surface area contributed by atoms with Crippen LogP contribution in [0.2, 0.25) is 0 Å². The second kappa shape index (κ2) is 10.6. The quantitative estimate of drug-likeness (QED) is 0.349. The molecule has 31 heavy (non-hydrogen) atoms. The maximum Gasteiger partial charge on any atom is 0.334 e. The molecule has 1 unspecified atom stereocenters. The Kier molecular flexibility index (Phi) is 8.15. The van der Waals surface area contributed by atoms with Gasteiger partial charge in [0.1, 0.15) is 0 Å². The lowest BCUT2D eigenvalue weighted by Gasteiger charge is -2.31. The van der Waals surface area contributed by atoms with Gasteiger partial charge in [-0.3, -0.25) is 0 Å². The number of benzene rings is 1. The highest BCUT2D eigenvalue weighted by Gasteiger charge is 2.38. The maximum atomic E-state index is 12.2. The number of nitrogens with one attached hydrogen (secondary N) is 2. The van der Waals surface area contributed by atoms with Gasteiger partial charge < -0.3 is 25.6 Å². The fourth-order valence-corrected chi connectivity index (χ4v) is 3.57. The number of dihydropyridines is 1. The lowest BCUT2D eigenvalue weighted by atomic mass is 9.78. The number of carbonyl (C=O) groups is 3. The Bertz CT molecular complexity index is 974. The van der Waals surface area contributed by atoms with Crippen LogP contribution in [0.15, 0.2) is 52.4 Å². The number of hydrogen-bond donors (Lipinski definition) is 4. The smallest absolute Gasteiger partial charge is 0.334 e. The van der Waals surface area contributed by atoms with Gasteiger partial charge in [-0.2, -0.15) is 0 Å². The van der Waals surface area contributed by atoms with E-state index in [0.29, 0.717) is 41.1 Å². The molecule has 4 N–H and O–H groups in total. The Morgan fingerprint density at radius 1 is 1.16 bits per heavy atom. The lowest BCUT2D eigenvalue weighted by Crippen LogP contribution is -2.35. The van der Waals surface area contributed by atoms with Gasteiger partial charge >= 0.3 is 17.9 Å². The highest BCUT2D eigenvalue weighted by molar-refractivity contribution is 5.99. The standard InChI is InChI=1S/C23H28N2O6/c1-5-10-31-23(30)13(2)11-15-8-6-7-9-16(15)19-18(21(26)27)14(3)25-17(12-24-4)20(19)22(28)29/h6-9,11,19,24-25H,5,10,12H2,1-4H3,(H,26,27)(H,28,29). The Hall–Kier alpha value is -3.39. The zero-order valence-electron chi connectivity index (χ0n) is 18.1. The zero-order chi connectivity index (χ0) is 23.1. The minimum absolute atomic E-state index is 0.0515. The van der Waals surface area contributed by atoms with E-state index in [1.807, 2.05) is 6.92 Å². The molecule has 8 heteroatoms. The predicted octanol–water partition coefficient (Wildman–Crippen LogP) is 2.65. The van der Waals surface area contributed by atoms with Crippen molar-refractivity contribution in [1.82, 2.24) is 10.6 Å². The highest BCUT2D eigenvalue weighted by atomic mass is 16.5. The molecular weight excluding hydrogens is 400 g/mol. The third-order valence-electron chi connectivity index (χ3n) is 4.90. The van der Waals surface area contributed by atoms with E-state index in [4.69, 9.17) is 4.74 Å². The number of aliphatic carboxylic acids is 2. The van der Waals surface area contributed by atoms with Crippen LogP contribution in [0.1, 0.15) is 44.2 Å². The SMILES string of the molecule is CCCOC(=O)C(C)=Cc1ccccc1C1C(C(=O)O)=C(C)NC(CNC)=C1C(=O)O. The van der Waals surface area contributed by atoms with Crippen molar-refractivity contribution in [1.29, 1.82) is 0 Å². The first-order chi connectivity index (χ1) is 14.7. The van der Waals surface area contributed by atoms with Crippen molar-refractivity contribution in [2.45, 2.75) is 33.1 Å². The van der Waals surface area contributed by atoms with E-state index in [2.05, 4.69) is 10.6 Å². The fraction of sp³-hybridized carbons (Fsp3) is 0.348. The lowest BCUT2D eigenvalue weighted by molar-refractivity contribution is -0.139. The highest BCUT2D eigenvalue weighted by Crippen LogP contribution is 2.40. The summed E-state index contributed by atoms with van der Waals surface area (Å²) >= 11 is 0. The number of ether oxygens (including phenoxy) is 1. The molecule has 2 rings (SSSR count). The van der Waals surface area contributed by atoms with Crippen molar-refractivity contribution in [2.24, 2.45) is 0 Å². The van der Waals surface area contributed by atoms with Gasteiger partial charge in [0.2, 0.25) is 0 Å². The molecule has 1 aromatic carbocycles. The number of esters is 1. The van der Waals surface area contributed by atoms with Crippen LogP contribution in [0.3, 0.4) is 0 Å². The van der Waals surface area contributed by atoms with Gasteiger partial charge in [-0.15, -0.1) is 0 Å². The summed E-state index contributed by atoms with van der Waals surface area (Å²) in [5.41, 5.74) is 2.02. The van der Waals surface area contributed by atoms with Gasteiger partial charge in [-0.05, 0) is 44.5 Å². The summed E-state index contributed by atoms with van der Waals surface area (Å²) in [5.74, 6) is -3.93. The molecule has 1 aliphatic rings. The van der Waals surface area contributed by atoms with E-state index in [1.54, 1.807) is 51.2 Å². The molecule has 0 aromatic heterocycles. The minimum Gasteiger partial charge on any atom is -0.478 e. The number of carboxylic acid groups (broad SMARTS) is 2. The fourth-order valence-electron chi connectivity index (χ4n) is 3.57. The summed E-state index contributed by atoms with van der Waals surface area (Å²) in [6.07, 6.45) is 2.29. The molecule has 0 fully saturated rings. The third kappa shape index (κ3) is 5.40. The molecule has 0 aliphatic carbocycles. The molecule has 1 aliphatic heterocycles. The second-order valence-corrected chi connectivity index (χ2v) is 7.22. The Balaban J connectivity index is 2.70. The molecular formula is C23H28N2O6. The monoisotopic (exact) mass is 428 g/mol. The van der Waals surface area contributed by atoms with E-state index >= 15 is 0 Å². The van der Waals surface area contributed by atoms with Crippen molar-refractivity contribution >= 4 is 24.0 Å². The first kappa shape index (κ1) is 23.9. The molecule has 0 saturated carbocycles. The Morgan fingerprint density at radius 3 is 2.39 bits per heavy atom. The topological polar surface area (TPSA) is 125 Å². The first-order valence-electron chi connectivity index (χ1n) is 9.99. The van der Waals surface area contributed by atoms with Crippen molar-refractivity contribution in [3.63, 3.8) is 0 Å². The summed E-state index contributed by atoms with van der Waals surface area (Å²) < 4.78 is 5.16. The molecule has 0 bridgehead atoms. The molecule has 1 heterocycles. The van der Waals surface area contributed by atoms with Crippen LogP contribution in [0.5, 0.6) is 0 Å². The summed E-state index contributed by atoms with van der Waals surface area (Å²) in [6, 6.07) is 6.87. The Morgan fingerprint density at radius 2 is 1.81 bits per heavy atom. The van der Waals surface area contributed by atoms with Crippen molar-refractivity contribution in [2.75, 3.05) is 20.2 Å². The molecule has 8 nitrogen and oxygen atoms in total. The molecule has 166 valence electrons. The number of carboxylic acids is 2. The van der Waals surface area contributed by atoms with E-state index in [-0.39, 0.29) is 17.7 Å². The van der Waals surface area contributed by atoms with Crippen LogP contribution in [-0.2, 0) is 19.1 Å². The molecule has 0 amide bonds. The van der Waals surface area contributed by atoms with Gasteiger partial charge in [0.05, 0.1) is 23.7 Å². The summed E-state index contributed by atoms with van der Waals surface area (Å²) in [6.45, 7) is 5.63. The second-order valence-electron chi connectivity index (χ2n) is 7.22. The summed E-state index contributed by atoms with van der Waals surface area (Å²) in [7, 11) is 1.68. The average Bonchev–Trinajstić information content (AvgIpc) is 2.71. The van der Waals surface area contributed by atoms with Crippen LogP contribution in [0.4, 0.5) is 0 Å².